The van der Waals surface area contributed by atoms with Gasteiger partial charge in [0.05, 0.1) is 0 Å². The van der Waals surface area contributed by atoms with Crippen molar-refractivity contribution in [1.82, 2.24) is 10.2 Å². The normalized spacial score (nSPS) is 27.7. The third kappa shape index (κ3) is 4.59. The van der Waals surface area contributed by atoms with Gasteiger partial charge in [0, 0.05) is 12.1 Å². The van der Waals surface area contributed by atoms with Crippen LogP contribution < -0.4 is 5.32 Å². The first-order valence-corrected chi connectivity index (χ1v) is 7.54. The zero-order valence-electron chi connectivity index (χ0n) is 12.0. The number of likely N-dealkylation sites (tertiary alicyclic amines) is 1. The van der Waals surface area contributed by atoms with Crippen LogP contribution in [0.5, 0.6) is 0 Å². The molecule has 1 saturated carbocycles. The lowest BCUT2D eigenvalue weighted by Crippen LogP contribution is -2.36. The second-order valence-corrected chi connectivity index (χ2v) is 6.92. The first kappa shape index (κ1) is 13.4. The summed E-state index contributed by atoms with van der Waals surface area (Å²) in [5, 5.41) is 3.63. The number of rotatable bonds is 5. The van der Waals surface area contributed by atoms with Gasteiger partial charge in [0.15, 0.2) is 0 Å². The van der Waals surface area contributed by atoms with Crippen molar-refractivity contribution in [2.75, 3.05) is 19.6 Å². The zero-order valence-corrected chi connectivity index (χ0v) is 12.0. The van der Waals surface area contributed by atoms with Gasteiger partial charge < -0.3 is 10.2 Å². The molecule has 17 heavy (non-hydrogen) atoms. The van der Waals surface area contributed by atoms with Crippen molar-refractivity contribution in [3.63, 3.8) is 0 Å². The lowest BCUT2D eigenvalue weighted by Gasteiger charge is -2.28. The van der Waals surface area contributed by atoms with Crippen molar-refractivity contribution < 1.29 is 0 Å². The lowest BCUT2D eigenvalue weighted by atomic mass is 9.85. The molecule has 0 aromatic carbocycles. The third-order valence-electron chi connectivity index (χ3n) is 4.57. The molecule has 0 aromatic heterocycles. The quantitative estimate of drug-likeness (QED) is 0.792. The molecule has 2 fully saturated rings. The molecule has 1 unspecified atom stereocenters. The molecule has 0 radical (unpaired) electrons. The molecule has 100 valence electrons. The Morgan fingerprint density at radius 3 is 2.71 bits per heavy atom. The van der Waals surface area contributed by atoms with Crippen LogP contribution in [0.1, 0.15) is 59.3 Å². The average Bonchev–Trinajstić information content (AvgIpc) is 3.06. The number of hydrogen-bond acceptors (Lipinski definition) is 2. The van der Waals surface area contributed by atoms with Crippen LogP contribution in [0.4, 0.5) is 0 Å². The van der Waals surface area contributed by atoms with Crippen molar-refractivity contribution in [1.29, 1.82) is 0 Å². The molecule has 1 saturated heterocycles. The molecule has 1 heterocycles. The number of nitrogens with zero attached hydrogens (tertiary/aromatic N) is 1. The molecule has 0 aromatic rings. The van der Waals surface area contributed by atoms with Gasteiger partial charge >= 0.3 is 0 Å². The van der Waals surface area contributed by atoms with Crippen LogP contribution in [0, 0.1) is 5.41 Å². The highest BCUT2D eigenvalue weighted by Crippen LogP contribution is 2.30. The van der Waals surface area contributed by atoms with E-state index in [1.54, 1.807) is 0 Å². The molecular weight excluding hydrogens is 208 g/mol. The van der Waals surface area contributed by atoms with Crippen LogP contribution in [0.3, 0.4) is 0 Å². The van der Waals surface area contributed by atoms with Crippen LogP contribution in [0.25, 0.3) is 0 Å². The van der Waals surface area contributed by atoms with E-state index >= 15 is 0 Å². The Morgan fingerprint density at radius 2 is 2.00 bits per heavy atom. The van der Waals surface area contributed by atoms with E-state index in [0.29, 0.717) is 5.41 Å². The Morgan fingerprint density at radius 1 is 1.24 bits per heavy atom. The molecule has 2 rings (SSSR count). The Kier molecular flexibility index (Phi) is 4.48. The Labute approximate surface area is 107 Å². The van der Waals surface area contributed by atoms with E-state index in [2.05, 4.69) is 31.0 Å². The van der Waals surface area contributed by atoms with Gasteiger partial charge in [0.2, 0.25) is 0 Å². The predicted octanol–water partition coefficient (Wildman–Crippen LogP) is 3.03. The fourth-order valence-electron chi connectivity index (χ4n) is 2.85. The molecule has 0 bridgehead atoms. The van der Waals surface area contributed by atoms with Gasteiger partial charge in [-0.05, 0) is 70.5 Å². The van der Waals surface area contributed by atoms with E-state index in [4.69, 9.17) is 0 Å². The Hall–Kier alpha value is -0.0800. The summed E-state index contributed by atoms with van der Waals surface area (Å²) in [7, 11) is 0. The third-order valence-corrected chi connectivity index (χ3v) is 4.57. The van der Waals surface area contributed by atoms with Crippen LogP contribution in [-0.4, -0.2) is 36.6 Å². The average molecular weight is 238 g/mol. The van der Waals surface area contributed by atoms with Crippen LogP contribution in [-0.2, 0) is 0 Å². The summed E-state index contributed by atoms with van der Waals surface area (Å²) in [6.07, 6.45) is 8.28. The van der Waals surface area contributed by atoms with Gasteiger partial charge in [0.25, 0.3) is 0 Å². The molecule has 1 N–H and O–H groups in total. The SMILES string of the molecule is CC(CCNC1CC1)N1CCCC(C)(C)CC1. The first-order chi connectivity index (χ1) is 8.07. The molecule has 2 aliphatic rings. The van der Waals surface area contributed by atoms with E-state index in [1.807, 2.05) is 0 Å². The standard InChI is InChI=1S/C15H30N2/c1-13(7-10-16-14-5-6-14)17-11-4-8-15(2,3)9-12-17/h13-14,16H,4-12H2,1-3H3. The number of nitrogens with one attached hydrogen (secondary N) is 1. The monoisotopic (exact) mass is 238 g/mol. The molecule has 1 aliphatic carbocycles. The van der Waals surface area contributed by atoms with E-state index in [-0.39, 0.29) is 0 Å². The van der Waals surface area contributed by atoms with Crippen molar-refractivity contribution in [3.8, 4) is 0 Å². The molecule has 0 amide bonds. The second kappa shape index (κ2) is 5.71. The van der Waals surface area contributed by atoms with Crippen molar-refractivity contribution >= 4 is 0 Å². The minimum Gasteiger partial charge on any atom is -0.314 e. The van der Waals surface area contributed by atoms with Gasteiger partial charge in [-0.2, -0.15) is 0 Å². The second-order valence-electron chi connectivity index (χ2n) is 6.92. The van der Waals surface area contributed by atoms with Crippen molar-refractivity contribution in [2.45, 2.75) is 71.4 Å². The maximum Gasteiger partial charge on any atom is 0.00790 e. The summed E-state index contributed by atoms with van der Waals surface area (Å²) in [6.45, 7) is 11.1. The van der Waals surface area contributed by atoms with Gasteiger partial charge in [-0.25, -0.2) is 0 Å². The molecule has 1 atom stereocenters. The van der Waals surface area contributed by atoms with Gasteiger partial charge in [-0.3, -0.25) is 0 Å². The summed E-state index contributed by atoms with van der Waals surface area (Å²) < 4.78 is 0. The molecule has 1 aliphatic heterocycles. The maximum absolute atomic E-state index is 3.63. The lowest BCUT2D eigenvalue weighted by molar-refractivity contribution is 0.197. The molecular formula is C15H30N2. The summed E-state index contributed by atoms with van der Waals surface area (Å²) >= 11 is 0. The van der Waals surface area contributed by atoms with Crippen LogP contribution >= 0.6 is 0 Å². The zero-order chi connectivity index (χ0) is 12.3. The molecule has 0 spiro atoms. The van der Waals surface area contributed by atoms with Gasteiger partial charge in [-0.15, -0.1) is 0 Å². The van der Waals surface area contributed by atoms with Crippen LogP contribution in [0.2, 0.25) is 0 Å². The molecule has 2 heteroatoms. The van der Waals surface area contributed by atoms with E-state index in [1.165, 1.54) is 58.2 Å². The van der Waals surface area contributed by atoms with Gasteiger partial charge in [-0.1, -0.05) is 13.8 Å². The largest absolute Gasteiger partial charge is 0.314 e. The Balaban J connectivity index is 1.68. The summed E-state index contributed by atoms with van der Waals surface area (Å²) in [5.41, 5.74) is 0.570. The minimum atomic E-state index is 0.570. The molecule has 2 nitrogen and oxygen atoms in total. The highest BCUT2D eigenvalue weighted by Gasteiger charge is 2.25. The van der Waals surface area contributed by atoms with Crippen molar-refractivity contribution in [2.24, 2.45) is 5.41 Å². The van der Waals surface area contributed by atoms with E-state index < -0.39 is 0 Å². The maximum atomic E-state index is 3.63. The van der Waals surface area contributed by atoms with E-state index in [9.17, 15) is 0 Å². The smallest absolute Gasteiger partial charge is 0.00790 e. The highest BCUT2D eigenvalue weighted by atomic mass is 15.2. The summed E-state index contributed by atoms with van der Waals surface area (Å²) in [4.78, 5) is 2.71. The topological polar surface area (TPSA) is 15.3 Å². The van der Waals surface area contributed by atoms with E-state index in [0.717, 1.165) is 12.1 Å². The number of hydrogen-bond donors (Lipinski definition) is 1. The fourth-order valence-corrected chi connectivity index (χ4v) is 2.85. The van der Waals surface area contributed by atoms with Crippen molar-refractivity contribution in [3.05, 3.63) is 0 Å². The minimum absolute atomic E-state index is 0.570. The highest BCUT2D eigenvalue weighted by molar-refractivity contribution is 4.82. The summed E-state index contributed by atoms with van der Waals surface area (Å²) in [6, 6.07) is 1.63. The summed E-state index contributed by atoms with van der Waals surface area (Å²) in [5.74, 6) is 0. The van der Waals surface area contributed by atoms with Crippen LogP contribution in [0.15, 0.2) is 0 Å². The fraction of sp³-hybridized carbons (Fsp3) is 1.00. The Bertz CT molecular complexity index is 233. The first-order valence-electron chi connectivity index (χ1n) is 7.54. The van der Waals surface area contributed by atoms with Gasteiger partial charge in [0.1, 0.15) is 0 Å². The predicted molar refractivity (Wildman–Crippen MR) is 74.3 cm³/mol.